The molecular weight excluding hydrogens is 261 g/mol. The first kappa shape index (κ1) is 13.0. The van der Waals surface area contributed by atoms with Crippen molar-refractivity contribution in [2.24, 2.45) is 5.41 Å². The summed E-state index contributed by atoms with van der Waals surface area (Å²) in [7, 11) is 0. The van der Waals surface area contributed by atoms with E-state index < -0.39 is 17.3 Å². The van der Waals surface area contributed by atoms with Gasteiger partial charge in [0.05, 0.1) is 5.56 Å². The Hall–Kier alpha value is -2.01. The van der Waals surface area contributed by atoms with Crippen LogP contribution in [0.25, 0.3) is 11.3 Å². The molecule has 5 heteroatoms. The number of nitrogens with zero attached hydrogens (tertiary/aromatic N) is 1. The molecule has 1 aliphatic rings. The molecule has 3 rings (SSSR count). The molecule has 0 radical (unpaired) electrons. The first-order chi connectivity index (χ1) is 9.40. The van der Waals surface area contributed by atoms with E-state index in [1.807, 2.05) is 0 Å². The fraction of sp³-hybridized carbons (Fsp3) is 0.333. The Labute approximate surface area is 115 Å². The molecule has 0 amide bonds. The first-order valence-electron chi connectivity index (χ1n) is 6.37. The molecule has 1 aliphatic carbocycles. The maximum atomic E-state index is 13.0. The van der Waals surface area contributed by atoms with Crippen LogP contribution in [-0.4, -0.2) is 22.2 Å². The Bertz CT molecular complexity index is 673. The highest BCUT2D eigenvalue weighted by Gasteiger charge is 2.44. The van der Waals surface area contributed by atoms with E-state index in [9.17, 15) is 14.3 Å². The van der Waals surface area contributed by atoms with Gasteiger partial charge in [0, 0.05) is 17.4 Å². The number of ketones is 1. The Morgan fingerprint density at radius 2 is 2.00 bits per heavy atom. The van der Waals surface area contributed by atoms with Gasteiger partial charge in [-0.2, -0.15) is 0 Å². The lowest BCUT2D eigenvalue weighted by molar-refractivity contribution is 0.0308. The standard InChI is InChI=1S/C15H14FNO3/c1-15(2)7-10-11(13(18)14(15)19)12(17-20-10)8-3-5-9(16)6-4-8/h3-6,14,19H,7H2,1-2H3. The Morgan fingerprint density at radius 3 is 2.65 bits per heavy atom. The van der Waals surface area contributed by atoms with Gasteiger partial charge < -0.3 is 9.63 Å². The molecule has 0 aliphatic heterocycles. The van der Waals surface area contributed by atoms with E-state index >= 15 is 0 Å². The molecular formula is C15H14FNO3. The number of carbonyl (C=O) groups excluding carboxylic acids is 1. The van der Waals surface area contributed by atoms with E-state index in [2.05, 4.69) is 5.16 Å². The quantitative estimate of drug-likeness (QED) is 0.869. The van der Waals surface area contributed by atoms with E-state index in [0.29, 0.717) is 29.0 Å². The van der Waals surface area contributed by atoms with Crippen LogP contribution in [0, 0.1) is 11.2 Å². The number of hydrogen-bond acceptors (Lipinski definition) is 4. The maximum Gasteiger partial charge on any atom is 0.197 e. The zero-order chi connectivity index (χ0) is 14.5. The van der Waals surface area contributed by atoms with Crippen molar-refractivity contribution >= 4 is 5.78 Å². The fourth-order valence-corrected chi connectivity index (χ4v) is 2.51. The third kappa shape index (κ3) is 1.86. The van der Waals surface area contributed by atoms with Crippen molar-refractivity contribution in [2.75, 3.05) is 0 Å². The molecule has 0 saturated carbocycles. The van der Waals surface area contributed by atoms with Crippen molar-refractivity contribution in [1.82, 2.24) is 5.16 Å². The number of fused-ring (bicyclic) bond motifs is 1. The average molecular weight is 275 g/mol. The van der Waals surface area contributed by atoms with E-state index in [4.69, 9.17) is 4.52 Å². The van der Waals surface area contributed by atoms with Crippen LogP contribution in [0.1, 0.15) is 30.0 Å². The Kier molecular flexibility index (Phi) is 2.76. The van der Waals surface area contributed by atoms with Crippen LogP contribution >= 0.6 is 0 Å². The second-order valence-corrected chi connectivity index (χ2v) is 5.77. The van der Waals surface area contributed by atoms with Crippen molar-refractivity contribution in [3.05, 3.63) is 41.4 Å². The lowest BCUT2D eigenvalue weighted by atomic mass is 9.73. The van der Waals surface area contributed by atoms with Crippen LogP contribution in [0.4, 0.5) is 4.39 Å². The van der Waals surface area contributed by atoms with Crippen LogP contribution < -0.4 is 0 Å². The number of benzene rings is 1. The number of halogens is 1. The minimum atomic E-state index is -1.09. The third-order valence-electron chi connectivity index (χ3n) is 3.73. The molecule has 104 valence electrons. The molecule has 0 spiro atoms. The normalized spacial score (nSPS) is 20.8. The van der Waals surface area contributed by atoms with E-state index in [-0.39, 0.29) is 5.82 Å². The summed E-state index contributed by atoms with van der Waals surface area (Å²) in [6.07, 6.45) is -0.655. The maximum absolute atomic E-state index is 13.0. The van der Waals surface area contributed by atoms with Crippen LogP contribution in [0.3, 0.4) is 0 Å². The smallest absolute Gasteiger partial charge is 0.197 e. The van der Waals surface area contributed by atoms with Gasteiger partial charge in [0.15, 0.2) is 5.78 Å². The minimum Gasteiger partial charge on any atom is -0.384 e. The van der Waals surface area contributed by atoms with Gasteiger partial charge in [-0.15, -0.1) is 0 Å². The minimum absolute atomic E-state index is 0.309. The second-order valence-electron chi connectivity index (χ2n) is 5.77. The van der Waals surface area contributed by atoms with Gasteiger partial charge in [-0.1, -0.05) is 19.0 Å². The van der Waals surface area contributed by atoms with E-state index in [0.717, 1.165) is 0 Å². The lowest BCUT2D eigenvalue weighted by Gasteiger charge is -2.32. The van der Waals surface area contributed by atoms with Crippen LogP contribution in [0.5, 0.6) is 0 Å². The van der Waals surface area contributed by atoms with E-state index in [1.54, 1.807) is 13.8 Å². The highest BCUT2D eigenvalue weighted by atomic mass is 19.1. The molecule has 1 aromatic carbocycles. The van der Waals surface area contributed by atoms with Crippen molar-refractivity contribution in [2.45, 2.75) is 26.4 Å². The molecule has 1 N–H and O–H groups in total. The van der Waals surface area contributed by atoms with Gasteiger partial charge in [-0.05, 0) is 24.3 Å². The number of carbonyl (C=O) groups is 1. The topological polar surface area (TPSA) is 63.3 Å². The Balaban J connectivity index is 2.12. The monoisotopic (exact) mass is 275 g/mol. The molecule has 4 nitrogen and oxygen atoms in total. The number of hydrogen-bond donors (Lipinski definition) is 1. The molecule has 1 unspecified atom stereocenters. The molecule has 1 aromatic heterocycles. The number of aliphatic hydroxyl groups excluding tert-OH is 1. The lowest BCUT2D eigenvalue weighted by Crippen LogP contribution is -2.42. The molecule has 20 heavy (non-hydrogen) atoms. The van der Waals surface area contributed by atoms with Crippen molar-refractivity contribution in [1.29, 1.82) is 0 Å². The molecule has 0 fully saturated rings. The van der Waals surface area contributed by atoms with Gasteiger partial charge in [-0.25, -0.2) is 4.39 Å². The highest BCUT2D eigenvalue weighted by molar-refractivity contribution is 6.06. The summed E-state index contributed by atoms with van der Waals surface area (Å²) in [6.45, 7) is 3.61. The summed E-state index contributed by atoms with van der Waals surface area (Å²) < 4.78 is 18.2. The zero-order valence-electron chi connectivity index (χ0n) is 11.2. The number of aromatic nitrogens is 1. The van der Waals surface area contributed by atoms with Gasteiger partial charge in [0.1, 0.15) is 23.4 Å². The summed E-state index contributed by atoms with van der Waals surface area (Å²) in [5, 5.41) is 14.0. The van der Waals surface area contributed by atoms with Crippen molar-refractivity contribution in [3.8, 4) is 11.3 Å². The number of Topliss-reactive ketones (excluding diaryl/α,β-unsaturated/α-hetero) is 1. The molecule has 1 heterocycles. The predicted octanol–water partition coefficient (Wildman–Crippen LogP) is 2.61. The van der Waals surface area contributed by atoms with Gasteiger partial charge in [0.25, 0.3) is 0 Å². The van der Waals surface area contributed by atoms with E-state index in [1.165, 1.54) is 24.3 Å². The van der Waals surface area contributed by atoms with Gasteiger partial charge in [0.2, 0.25) is 0 Å². The van der Waals surface area contributed by atoms with Crippen LogP contribution in [0.2, 0.25) is 0 Å². The highest BCUT2D eigenvalue weighted by Crippen LogP contribution is 2.39. The summed E-state index contributed by atoms with van der Waals surface area (Å²) >= 11 is 0. The molecule has 0 saturated heterocycles. The SMILES string of the molecule is CC1(C)Cc2onc(-c3ccc(F)cc3)c2C(=O)C1O. The third-order valence-corrected chi connectivity index (χ3v) is 3.73. The summed E-state index contributed by atoms with van der Waals surface area (Å²) in [6, 6.07) is 5.66. The molecule has 0 bridgehead atoms. The Morgan fingerprint density at radius 1 is 1.35 bits per heavy atom. The summed E-state index contributed by atoms with van der Waals surface area (Å²) in [5.74, 6) is -0.278. The van der Waals surface area contributed by atoms with Crippen molar-refractivity contribution < 1.29 is 18.8 Å². The second kappa shape index (κ2) is 4.24. The van der Waals surface area contributed by atoms with Gasteiger partial charge in [-0.3, -0.25) is 4.79 Å². The van der Waals surface area contributed by atoms with Crippen LogP contribution in [0.15, 0.2) is 28.8 Å². The van der Waals surface area contributed by atoms with Gasteiger partial charge >= 0.3 is 0 Å². The average Bonchev–Trinajstić information content (AvgIpc) is 2.80. The first-order valence-corrected chi connectivity index (χ1v) is 6.37. The van der Waals surface area contributed by atoms with Crippen LogP contribution in [-0.2, 0) is 6.42 Å². The largest absolute Gasteiger partial charge is 0.384 e. The molecule has 2 aromatic rings. The zero-order valence-corrected chi connectivity index (χ0v) is 11.2. The number of rotatable bonds is 1. The molecule has 1 atom stereocenters. The summed E-state index contributed by atoms with van der Waals surface area (Å²) in [4.78, 5) is 12.3. The number of aliphatic hydroxyl groups is 1. The predicted molar refractivity (Wildman–Crippen MR) is 69.7 cm³/mol. The fourth-order valence-electron chi connectivity index (χ4n) is 2.51. The van der Waals surface area contributed by atoms with Crippen molar-refractivity contribution in [3.63, 3.8) is 0 Å². The summed E-state index contributed by atoms with van der Waals surface area (Å²) in [5.41, 5.74) is 0.684.